The van der Waals surface area contributed by atoms with E-state index in [1.807, 2.05) is 6.08 Å². The Kier molecular flexibility index (Phi) is 3.91. The van der Waals surface area contributed by atoms with Crippen LogP contribution in [0.25, 0.3) is 0 Å². The van der Waals surface area contributed by atoms with Crippen molar-refractivity contribution in [2.45, 2.75) is 44.9 Å². The zero-order valence-electron chi connectivity index (χ0n) is 8.85. The van der Waals surface area contributed by atoms with Crippen LogP contribution in [0.4, 0.5) is 0 Å². The first-order valence-electron chi connectivity index (χ1n) is 4.41. The summed E-state index contributed by atoms with van der Waals surface area (Å²) in [7, 11) is -1.19. The Hall–Kier alpha value is -0.373. The van der Waals surface area contributed by atoms with Crippen LogP contribution in [-0.2, 0) is 4.79 Å². The minimum absolute atomic E-state index is 0.417. The number of carbonyl (C=O) groups excluding carboxylic acids is 1. The predicted octanol–water partition coefficient (Wildman–Crippen LogP) is 3.25. The van der Waals surface area contributed by atoms with Crippen LogP contribution in [-0.4, -0.2) is 14.4 Å². The monoisotopic (exact) mass is 184 g/mol. The van der Waals surface area contributed by atoms with Crippen molar-refractivity contribution in [3.63, 3.8) is 0 Å². The summed E-state index contributed by atoms with van der Waals surface area (Å²) in [5.74, 6) is 0. The van der Waals surface area contributed by atoms with Gasteiger partial charge in [0.25, 0.3) is 0 Å². The molecule has 70 valence electrons. The molecule has 0 saturated carbocycles. The highest BCUT2D eigenvalue weighted by Crippen LogP contribution is 2.38. The van der Waals surface area contributed by atoms with E-state index < -0.39 is 8.07 Å². The maximum absolute atomic E-state index is 10.1. The number of rotatable bonds is 3. The van der Waals surface area contributed by atoms with E-state index in [1.165, 1.54) is 0 Å². The van der Waals surface area contributed by atoms with Gasteiger partial charge in [-0.3, -0.25) is 4.79 Å². The van der Waals surface area contributed by atoms with Crippen LogP contribution >= 0.6 is 0 Å². The molecular weight excluding hydrogens is 164 g/mol. The fraction of sp³-hybridized carbons (Fsp3) is 0.700. The lowest BCUT2D eigenvalue weighted by Crippen LogP contribution is -2.36. The van der Waals surface area contributed by atoms with Crippen molar-refractivity contribution in [2.24, 2.45) is 0 Å². The topological polar surface area (TPSA) is 17.1 Å². The van der Waals surface area contributed by atoms with Gasteiger partial charge in [-0.2, -0.15) is 0 Å². The summed E-state index contributed by atoms with van der Waals surface area (Å²) in [5, 5.41) is 0.417. The number of hydrogen-bond acceptors (Lipinski definition) is 1. The molecule has 1 nitrogen and oxygen atoms in total. The van der Waals surface area contributed by atoms with Gasteiger partial charge in [0.2, 0.25) is 0 Å². The molecule has 0 aromatic carbocycles. The number of aldehydes is 1. The molecule has 2 heteroatoms. The van der Waals surface area contributed by atoms with Gasteiger partial charge in [0.05, 0.1) is 8.07 Å². The molecule has 12 heavy (non-hydrogen) atoms. The van der Waals surface area contributed by atoms with Crippen LogP contribution in [0.3, 0.4) is 0 Å². The second kappa shape index (κ2) is 4.03. The van der Waals surface area contributed by atoms with Crippen molar-refractivity contribution in [2.75, 3.05) is 0 Å². The van der Waals surface area contributed by atoms with Crippen molar-refractivity contribution >= 4 is 14.4 Å². The zero-order valence-corrected chi connectivity index (χ0v) is 9.85. The van der Waals surface area contributed by atoms with Gasteiger partial charge in [-0.15, -0.1) is 0 Å². The normalized spacial score (nSPS) is 13.8. The Morgan fingerprint density at radius 2 is 1.75 bits per heavy atom. The predicted molar refractivity (Wildman–Crippen MR) is 57.2 cm³/mol. The first-order valence-corrected chi connectivity index (χ1v) is 7.62. The maximum atomic E-state index is 10.1. The molecule has 0 unspecified atom stereocenters. The maximum Gasteiger partial charge on any atom is 0.142 e. The molecule has 0 bridgehead atoms. The van der Waals surface area contributed by atoms with E-state index in [1.54, 1.807) is 6.08 Å². The summed E-state index contributed by atoms with van der Waals surface area (Å²) in [6, 6.07) is 1.09. The van der Waals surface area contributed by atoms with Crippen LogP contribution in [0.15, 0.2) is 12.2 Å². The highest BCUT2D eigenvalue weighted by molar-refractivity contribution is 6.80. The van der Waals surface area contributed by atoms with Crippen LogP contribution in [0, 0.1) is 0 Å². The average Bonchev–Trinajstić information content (AvgIpc) is 1.85. The molecule has 0 radical (unpaired) electrons. The van der Waals surface area contributed by atoms with Crippen molar-refractivity contribution in [3.05, 3.63) is 12.2 Å². The van der Waals surface area contributed by atoms with Gasteiger partial charge in [-0.25, -0.2) is 0 Å². The molecule has 0 aromatic heterocycles. The third-order valence-corrected chi connectivity index (χ3v) is 8.19. The molecule has 0 atom stereocenters. The Labute approximate surface area is 76.9 Å². The number of allylic oxidation sites excluding steroid dienone is 2. The summed E-state index contributed by atoms with van der Waals surface area (Å²) in [6.07, 6.45) is 4.47. The molecule has 0 aliphatic rings. The number of hydrogen-bond donors (Lipinski definition) is 0. The Morgan fingerprint density at radius 3 is 2.08 bits per heavy atom. The van der Waals surface area contributed by atoms with Gasteiger partial charge in [0.15, 0.2) is 0 Å². The third kappa shape index (κ3) is 3.35. The second-order valence-corrected chi connectivity index (χ2v) is 10.6. The molecule has 0 aliphatic heterocycles. The van der Waals surface area contributed by atoms with Gasteiger partial charge in [-0.05, 0) is 17.2 Å². The van der Waals surface area contributed by atoms with E-state index in [-0.39, 0.29) is 0 Å². The zero-order chi connectivity index (χ0) is 9.83. The molecular formula is C10H20OSi. The van der Waals surface area contributed by atoms with E-state index in [4.69, 9.17) is 0 Å². The summed E-state index contributed by atoms with van der Waals surface area (Å²) in [6.45, 7) is 11.6. The molecule has 0 aliphatic carbocycles. The lowest BCUT2D eigenvalue weighted by atomic mass is 10.2. The van der Waals surface area contributed by atoms with Gasteiger partial charge in [0.1, 0.15) is 6.29 Å². The first kappa shape index (κ1) is 11.6. The molecule has 0 saturated heterocycles. The van der Waals surface area contributed by atoms with Crippen LogP contribution in [0.2, 0.25) is 24.2 Å². The van der Waals surface area contributed by atoms with Crippen LogP contribution in [0.1, 0.15) is 20.8 Å². The second-order valence-electron chi connectivity index (χ2n) is 4.90. The summed E-state index contributed by atoms with van der Waals surface area (Å²) >= 11 is 0. The summed E-state index contributed by atoms with van der Waals surface area (Å²) in [5.41, 5.74) is 0. The standard InChI is InChI=1S/C10H20OSi/c1-10(2,3)12(4,5)9-7-6-8-11/h6-8H,9H2,1-5H3/b7-6-. The van der Waals surface area contributed by atoms with Gasteiger partial charge in [0, 0.05) is 0 Å². The van der Waals surface area contributed by atoms with Crippen molar-refractivity contribution in [1.82, 2.24) is 0 Å². The summed E-state index contributed by atoms with van der Waals surface area (Å²) < 4.78 is 0. The SMILES string of the molecule is CC(C)(C)[Si](C)(C)C/C=C\C=O. The summed E-state index contributed by atoms with van der Waals surface area (Å²) in [4.78, 5) is 10.1. The van der Waals surface area contributed by atoms with E-state index in [9.17, 15) is 4.79 Å². The highest BCUT2D eigenvalue weighted by Gasteiger charge is 2.33. The minimum Gasteiger partial charge on any atom is -0.299 e. The molecule has 0 spiro atoms. The molecule has 0 rings (SSSR count). The highest BCUT2D eigenvalue weighted by atomic mass is 28.3. The number of carbonyl (C=O) groups is 1. The fourth-order valence-corrected chi connectivity index (χ4v) is 2.06. The van der Waals surface area contributed by atoms with Crippen molar-refractivity contribution in [3.8, 4) is 0 Å². The molecule has 0 fully saturated rings. The average molecular weight is 184 g/mol. The molecule has 0 amide bonds. The lowest BCUT2D eigenvalue weighted by molar-refractivity contribution is -0.104. The minimum atomic E-state index is -1.19. The largest absolute Gasteiger partial charge is 0.299 e. The van der Waals surface area contributed by atoms with Crippen LogP contribution < -0.4 is 0 Å². The third-order valence-electron chi connectivity index (χ3n) is 2.87. The van der Waals surface area contributed by atoms with E-state index >= 15 is 0 Å². The fourth-order valence-electron chi connectivity index (χ4n) is 0.724. The first-order chi connectivity index (χ1) is 5.31. The molecule has 0 N–H and O–H groups in total. The Bertz CT molecular complexity index is 175. The van der Waals surface area contributed by atoms with E-state index in [0.717, 1.165) is 12.3 Å². The molecule has 0 heterocycles. The van der Waals surface area contributed by atoms with Gasteiger partial charge >= 0.3 is 0 Å². The quantitative estimate of drug-likeness (QED) is 0.374. The van der Waals surface area contributed by atoms with E-state index in [0.29, 0.717) is 5.04 Å². The van der Waals surface area contributed by atoms with Gasteiger partial charge in [-0.1, -0.05) is 39.9 Å². The van der Waals surface area contributed by atoms with Crippen LogP contribution in [0.5, 0.6) is 0 Å². The Balaban J connectivity index is 4.23. The Morgan fingerprint density at radius 1 is 1.25 bits per heavy atom. The van der Waals surface area contributed by atoms with Crippen molar-refractivity contribution in [1.29, 1.82) is 0 Å². The molecule has 0 aromatic rings. The van der Waals surface area contributed by atoms with Crippen molar-refractivity contribution < 1.29 is 4.79 Å². The lowest BCUT2D eigenvalue weighted by Gasteiger charge is -2.36. The van der Waals surface area contributed by atoms with E-state index in [2.05, 4.69) is 33.9 Å². The van der Waals surface area contributed by atoms with Gasteiger partial charge < -0.3 is 0 Å². The smallest absolute Gasteiger partial charge is 0.142 e.